The summed E-state index contributed by atoms with van der Waals surface area (Å²) in [5.41, 5.74) is 10.1. The van der Waals surface area contributed by atoms with Gasteiger partial charge in [-0.05, 0) is 79.5 Å². The summed E-state index contributed by atoms with van der Waals surface area (Å²) in [6.07, 6.45) is 4.04. The van der Waals surface area contributed by atoms with Crippen LogP contribution < -0.4 is 31.0 Å². The quantitative estimate of drug-likeness (QED) is 0.437. The van der Waals surface area contributed by atoms with Crippen molar-refractivity contribution < 1.29 is 23.8 Å². The van der Waals surface area contributed by atoms with E-state index in [0.717, 1.165) is 48.4 Å². The molecule has 0 bridgehead atoms. The van der Waals surface area contributed by atoms with Gasteiger partial charge < -0.3 is 29.7 Å². The number of anilines is 2. The third kappa shape index (κ3) is 4.12. The van der Waals surface area contributed by atoms with E-state index in [1.54, 1.807) is 14.2 Å². The summed E-state index contributed by atoms with van der Waals surface area (Å²) in [6, 6.07) is 11.8. The Labute approximate surface area is 234 Å². The van der Waals surface area contributed by atoms with Crippen LogP contribution in [-0.4, -0.2) is 69.4 Å². The molecule has 212 valence electrons. The molecule has 2 amide bonds. The second kappa shape index (κ2) is 9.94. The lowest BCUT2D eigenvalue weighted by Gasteiger charge is -2.34. The molecule has 2 saturated carbocycles. The topological polar surface area (TPSA) is 113 Å². The molecule has 2 aromatic rings. The van der Waals surface area contributed by atoms with Gasteiger partial charge in [-0.2, -0.15) is 0 Å². The largest absolute Gasteiger partial charge is 0.497 e. The smallest absolute Gasteiger partial charge is 0.254 e. The number of hydrogen-bond acceptors (Lipinski definition) is 8. The van der Waals surface area contributed by atoms with Gasteiger partial charge in [0.25, 0.3) is 5.91 Å². The second-order valence-electron chi connectivity index (χ2n) is 11.7. The number of fused-ring (bicyclic) bond motifs is 3. The van der Waals surface area contributed by atoms with Gasteiger partial charge in [-0.15, -0.1) is 0 Å². The van der Waals surface area contributed by atoms with E-state index >= 15 is 0 Å². The molecule has 2 aromatic carbocycles. The summed E-state index contributed by atoms with van der Waals surface area (Å²) in [4.78, 5) is 28.1. The first-order chi connectivity index (χ1) is 19.5. The van der Waals surface area contributed by atoms with Gasteiger partial charge in [0.2, 0.25) is 5.91 Å². The van der Waals surface area contributed by atoms with Gasteiger partial charge in [0.1, 0.15) is 11.5 Å². The predicted molar refractivity (Wildman–Crippen MR) is 149 cm³/mol. The number of carbonyl (C=O) groups is 2. The van der Waals surface area contributed by atoms with Crippen LogP contribution in [0.2, 0.25) is 0 Å². The van der Waals surface area contributed by atoms with Crippen molar-refractivity contribution in [2.45, 2.75) is 43.3 Å². The number of hydrazine groups is 1. The van der Waals surface area contributed by atoms with Crippen molar-refractivity contribution in [1.29, 1.82) is 0 Å². The monoisotopic (exact) mass is 547 g/mol. The average molecular weight is 548 g/mol. The van der Waals surface area contributed by atoms with Gasteiger partial charge in [-0.1, -0.05) is 0 Å². The van der Waals surface area contributed by atoms with E-state index in [1.807, 2.05) is 41.3 Å². The minimum atomic E-state index is -0.411. The van der Waals surface area contributed by atoms with Crippen molar-refractivity contribution in [2.75, 3.05) is 51.2 Å². The zero-order valence-electron chi connectivity index (χ0n) is 23.0. The molecule has 10 heteroatoms. The first-order valence-corrected chi connectivity index (χ1v) is 14.3. The fourth-order valence-corrected chi connectivity index (χ4v) is 7.59. The summed E-state index contributed by atoms with van der Waals surface area (Å²) in [5, 5.41) is 6.74. The Kier molecular flexibility index (Phi) is 6.36. The fourth-order valence-electron chi connectivity index (χ4n) is 7.59. The second-order valence-corrected chi connectivity index (χ2v) is 11.7. The summed E-state index contributed by atoms with van der Waals surface area (Å²) in [5.74, 6) is 2.85. The van der Waals surface area contributed by atoms with Crippen molar-refractivity contribution >= 4 is 23.2 Å². The number of amides is 2. The molecule has 2 saturated heterocycles. The van der Waals surface area contributed by atoms with Gasteiger partial charge in [0.05, 0.1) is 44.7 Å². The van der Waals surface area contributed by atoms with Gasteiger partial charge in [0, 0.05) is 36.3 Å². The lowest BCUT2D eigenvalue weighted by Crippen LogP contribution is -2.41. The number of ether oxygens (including phenoxy) is 3. The fraction of sp³-hybridized carbons (Fsp3) is 0.533. The maximum Gasteiger partial charge on any atom is 0.254 e. The number of hydrogen-bond donors (Lipinski definition) is 4. The minimum absolute atomic E-state index is 0.00141. The molecule has 7 rings (SSSR count). The third-order valence-corrected chi connectivity index (χ3v) is 9.80. The van der Waals surface area contributed by atoms with Crippen LogP contribution in [-0.2, 0) is 14.9 Å². The Morgan fingerprint density at radius 3 is 2.73 bits per heavy atom. The minimum Gasteiger partial charge on any atom is -0.497 e. The maximum absolute atomic E-state index is 13.2. The van der Waals surface area contributed by atoms with E-state index in [4.69, 9.17) is 14.2 Å². The molecule has 3 heterocycles. The van der Waals surface area contributed by atoms with Gasteiger partial charge >= 0.3 is 0 Å². The normalized spacial score (nSPS) is 32.3. The molecular formula is C30H37N5O5. The number of morpholine rings is 1. The van der Waals surface area contributed by atoms with Gasteiger partial charge in [-0.3, -0.25) is 15.0 Å². The molecule has 4 N–H and O–H groups in total. The molecule has 3 aliphatic heterocycles. The maximum atomic E-state index is 13.2. The van der Waals surface area contributed by atoms with E-state index in [0.29, 0.717) is 61.4 Å². The SMILES string of the molecule is COc1ccc2c(c1)[C@]1(C[C@H]1C1CCC3C(C1)NNC3Nc1cc(C(=O)N3CCOCC3)ccc1OC)C(=O)N2. The number of nitrogens with zero attached hydrogens (tertiary/aromatic N) is 1. The third-order valence-electron chi connectivity index (χ3n) is 9.80. The zero-order valence-corrected chi connectivity index (χ0v) is 23.0. The molecule has 6 atom stereocenters. The highest BCUT2D eigenvalue weighted by Gasteiger charge is 2.67. The van der Waals surface area contributed by atoms with E-state index in [2.05, 4.69) is 21.5 Å². The van der Waals surface area contributed by atoms with Crippen LogP contribution in [0, 0.1) is 17.8 Å². The molecule has 4 unspecified atom stereocenters. The van der Waals surface area contributed by atoms with Crippen LogP contribution in [0.15, 0.2) is 36.4 Å². The summed E-state index contributed by atoms with van der Waals surface area (Å²) < 4.78 is 16.5. The summed E-state index contributed by atoms with van der Waals surface area (Å²) in [6.45, 7) is 2.36. The first-order valence-electron chi connectivity index (χ1n) is 14.3. The van der Waals surface area contributed by atoms with E-state index < -0.39 is 5.41 Å². The zero-order chi connectivity index (χ0) is 27.4. The number of nitrogens with one attached hydrogen (secondary N) is 4. The summed E-state index contributed by atoms with van der Waals surface area (Å²) >= 11 is 0. The average Bonchev–Trinajstić information content (AvgIpc) is 3.55. The molecular weight excluding hydrogens is 510 g/mol. The Hall–Kier alpha value is -3.34. The lowest BCUT2D eigenvalue weighted by atomic mass is 9.74. The Balaban J connectivity index is 1.03. The highest BCUT2D eigenvalue weighted by molar-refractivity contribution is 6.09. The summed E-state index contributed by atoms with van der Waals surface area (Å²) in [7, 11) is 3.32. The Bertz CT molecular complexity index is 1330. The molecule has 4 fully saturated rings. The Morgan fingerprint density at radius 2 is 1.93 bits per heavy atom. The molecule has 10 nitrogen and oxygen atoms in total. The van der Waals surface area contributed by atoms with Crippen LogP contribution in [0.5, 0.6) is 11.5 Å². The van der Waals surface area contributed by atoms with Gasteiger partial charge in [0.15, 0.2) is 0 Å². The molecule has 1 spiro atoms. The van der Waals surface area contributed by atoms with Crippen molar-refractivity contribution in [2.24, 2.45) is 17.8 Å². The van der Waals surface area contributed by atoms with Crippen molar-refractivity contribution in [3.05, 3.63) is 47.5 Å². The van der Waals surface area contributed by atoms with E-state index in [-0.39, 0.29) is 18.0 Å². The van der Waals surface area contributed by atoms with Crippen molar-refractivity contribution in [3.63, 3.8) is 0 Å². The van der Waals surface area contributed by atoms with Crippen LogP contribution in [0.3, 0.4) is 0 Å². The number of carbonyl (C=O) groups excluding carboxylic acids is 2. The van der Waals surface area contributed by atoms with Crippen LogP contribution in [0.1, 0.15) is 41.6 Å². The van der Waals surface area contributed by atoms with Crippen LogP contribution in [0.25, 0.3) is 0 Å². The van der Waals surface area contributed by atoms with Crippen LogP contribution >= 0.6 is 0 Å². The Morgan fingerprint density at radius 1 is 1.07 bits per heavy atom. The number of methoxy groups -OCH3 is 2. The molecule has 0 aromatic heterocycles. The highest BCUT2D eigenvalue weighted by Crippen LogP contribution is 2.65. The number of benzene rings is 2. The van der Waals surface area contributed by atoms with Crippen molar-refractivity contribution in [3.8, 4) is 11.5 Å². The standard InChI is InChI=1S/C30H37N5O5/c1-38-19-5-7-23-21(15-19)30(29(37)32-23)16-22(30)17-3-6-20-24(13-17)33-34-27(20)31-25-14-18(4-8-26(25)39-2)28(36)35-9-11-40-12-10-35/h4-5,7-8,14-15,17,20,22,24,27,31,33-34H,3,6,9-13,16H2,1-2H3,(H,32,37)/t17?,20?,22-,24?,27?,30-/m0/s1. The molecule has 40 heavy (non-hydrogen) atoms. The first kappa shape index (κ1) is 25.6. The lowest BCUT2D eigenvalue weighted by molar-refractivity contribution is -0.118. The molecule has 2 aliphatic carbocycles. The highest BCUT2D eigenvalue weighted by atomic mass is 16.5. The van der Waals surface area contributed by atoms with E-state index in [1.165, 1.54) is 0 Å². The molecule has 5 aliphatic rings. The van der Waals surface area contributed by atoms with E-state index in [9.17, 15) is 9.59 Å². The van der Waals surface area contributed by atoms with Crippen LogP contribution in [0.4, 0.5) is 11.4 Å². The predicted octanol–water partition coefficient (Wildman–Crippen LogP) is 2.72. The molecule has 0 radical (unpaired) electrons. The van der Waals surface area contributed by atoms with Gasteiger partial charge in [-0.25, -0.2) is 5.43 Å². The van der Waals surface area contributed by atoms with Crippen molar-refractivity contribution in [1.82, 2.24) is 15.8 Å². The number of rotatable bonds is 6.